The molecule has 5 aromatic rings. The smallest absolute Gasteiger partial charge is 0.475 e. The molecule has 2 aromatic carbocycles. The van der Waals surface area contributed by atoms with Gasteiger partial charge in [-0.3, -0.25) is 14.2 Å². The van der Waals surface area contributed by atoms with Crippen LogP contribution in [0.2, 0.25) is 0 Å². The molecule has 1 aliphatic rings. The van der Waals surface area contributed by atoms with Crippen molar-refractivity contribution in [2.24, 2.45) is 0 Å². The van der Waals surface area contributed by atoms with Gasteiger partial charge >= 0.3 is 17.8 Å². The van der Waals surface area contributed by atoms with Crippen LogP contribution in [-0.2, 0) is 14.6 Å². The molecule has 1 fully saturated rings. The number of hydrogen-bond acceptors (Lipinski definition) is 9. The van der Waals surface area contributed by atoms with Gasteiger partial charge in [0, 0.05) is 30.5 Å². The van der Waals surface area contributed by atoms with Crippen molar-refractivity contribution in [3.05, 3.63) is 58.9 Å². The predicted octanol–water partition coefficient (Wildman–Crippen LogP) is 4.32. The van der Waals surface area contributed by atoms with E-state index >= 15 is 0 Å². The van der Waals surface area contributed by atoms with E-state index in [4.69, 9.17) is 15.6 Å². The number of halogens is 6. The minimum absolute atomic E-state index is 0.00800. The molecule has 1 aliphatic carbocycles. The van der Waals surface area contributed by atoms with Crippen molar-refractivity contribution in [2.75, 3.05) is 17.3 Å². The molecule has 0 aliphatic heterocycles. The molecule has 0 spiro atoms. The maximum Gasteiger partial charge on any atom is 0.490 e. The normalized spacial score (nSPS) is 16.4. The fourth-order valence-electron chi connectivity index (χ4n) is 4.99. The van der Waals surface area contributed by atoms with Crippen molar-refractivity contribution in [3.63, 3.8) is 0 Å². The average molecular weight is 673 g/mol. The van der Waals surface area contributed by atoms with Gasteiger partial charge in [-0.1, -0.05) is 6.07 Å². The zero-order valence-electron chi connectivity index (χ0n) is 23.3. The van der Waals surface area contributed by atoms with E-state index in [9.17, 15) is 39.6 Å². The summed E-state index contributed by atoms with van der Waals surface area (Å²) in [5, 5.41) is 17.2. The molecule has 244 valence electrons. The molecule has 46 heavy (non-hydrogen) atoms. The topological polar surface area (TPSA) is 191 Å². The standard InChI is InChI=1S/C24H21F3N8O3S.C2HF3O2/c1-39(37,38)13-5-6-17(15(25)9-13)30-22-31-20(28)19-21(32-22)34(12-7-8-24(26,27)10-12)23(36)35(19)18-4-2-3-16-14(18)11-29-33-16;3-2(4,5)1(6)7/h2-6,9,11-12H,7-8,10H2,1H3,(H,29,33)(H3,28,30,31,32);(H,6,7). The van der Waals surface area contributed by atoms with Crippen molar-refractivity contribution in [1.29, 1.82) is 0 Å². The number of nitrogen functional groups attached to an aromatic ring is 1. The number of benzene rings is 2. The van der Waals surface area contributed by atoms with Crippen LogP contribution < -0.4 is 16.7 Å². The van der Waals surface area contributed by atoms with Crippen LogP contribution in [0, 0.1) is 5.82 Å². The van der Waals surface area contributed by atoms with E-state index in [0.29, 0.717) is 16.6 Å². The molecule has 1 atom stereocenters. The summed E-state index contributed by atoms with van der Waals surface area (Å²) >= 11 is 0. The van der Waals surface area contributed by atoms with Crippen molar-refractivity contribution >= 4 is 55.3 Å². The van der Waals surface area contributed by atoms with E-state index in [1.54, 1.807) is 18.2 Å². The largest absolute Gasteiger partial charge is 0.490 e. The predicted molar refractivity (Wildman–Crippen MR) is 152 cm³/mol. The Morgan fingerprint density at radius 2 is 1.89 bits per heavy atom. The number of aromatic nitrogens is 6. The van der Waals surface area contributed by atoms with Gasteiger partial charge in [0.15, 0.2) is 21.3 Å². The molecule has 0 bridgehead atoms. The van der Waals surface area contributed by atoms with Crippen LogP contribution in [0.4, 0.5) is 43.8 Å². The quantitative estimate of drug-likeness (QED) is 0.196. The van der Waals surface area contributed by atoms with E-state index < -0.39 is 58.3 Å². The molecular formula is C26H22F6N8O5S. The van der Waals surface area contributed by atoms with E-state index in [1.165, 1.54) is 27.5 Å². The number of hydrogen-bond donors (Lipinski definition) is 4. The monoisotopic (exact) mass is 672 g/mol. The third kappa shape index (κ3) is 6.19. The van der Waals surface area contributed by atoms with Gasteiger partial charge in [-0.15, -0.1) is 0 Å². The number of alkyl halides is 5. The van der Waals surface area contributed by atoms with Gasteiger partial charge < -0.3 is 16.2 Å². The van der Waals surface area contributed by atoms with Crippen LogP contribution in [-0.4, -0.2) is 67.1 Å². The first-order valence-corrected chi connectivity index (χ1v) is 14.9. The number of carbonyl (C=O) groups is 1. The molecule has 0 saturated heterocycles. The summed E-state index contributed by atoms with van der Waals surface area (Å²) in [5.74, 6) is -6.96. The Morgan fingerprint density at radius 3 is 2.48 bits per heavy atom. The number of rotatable bonds is 5. The molecule has 1 saturated carbocycles. The molecule has 1 unspecified atom stereocenters. The molecule has 20 heteroatoms. The second-order valence-corrected chi connectivity index (χ2v) is 12.3. The molecule has 5 N–H and O–H groups in total. The fraction of sp³-hybridized carbons (Fsp3) is 0.269. The van der Waals surface area contributed by atoms with Gasteiger partial charge in [0.05, 0.1) is 28.0 Å². The molecule has 3 heterocycles. The minimum Gasteiger partial charge on any atom is -0.475 e. The summed E-state index contributed by atoms with van der Waals surface area (Å²) in [6.45, 7) is 0. The van der Waals surface area contributed by atoms with Gasteiger partial charge in [-0.05, 0) is 36.8 Å². The number of aromatic amines is 1. The Labute approximate surface area is 253 Å². The van der Waals surface area contributed by atoms with E-state index in [0.717, 1.165) is 12.3 Å². The van der Waals surface area contributed by atoms with Crippen molar-refractivity contribution in [3.8, 4) is 5.69 Å². The highest BCUT2D eigenvalue weighted by atomic mass is 32.2. The number of anilines is 3. The Morgan fingerprint density at radius 1 is 1.20 bits per heavy atom. The molecule has 0 amide bonds. The zero-order valence-corrected chi connectivity index (χ0v) is 24.1. The first kappa shape index (κ1) is 32.3. The van der Waals surface area contributed by atoms with Crippen LogP contribution in [0.5, 0.6) is 0 Å². The number of imidazole rings is 1. The molecule has 0 radical (unpaired) electrons. The number of nitrogens with zero attached hydrogens (tertiary/aromatic N) is 5. The summed E-state index contributed by atoms with van der Waals surface area (Å²) in [5.41, 5.74) is 6.66. The zero-order chi connectivity index (χ0) is 33.8. The van der Waals surface area contributed by atoms with Crippen LogP contribution in [0.15, 0.2) is 52.3 Å². The van der Waals surface area contributed by atoms with Crippen LogP contribution >= 0.6 is 0 Å². The highest BCUT2D eigenvalue weighted by Crippen LogP contribution is 2.42. The lowest BCUT2D eigenvalue weighted by Crippen LogP contribution is -2.27. The Bertz CT molecular complexity index is 2160. The summed E-state index contributed by atoms with van der Waals surface area (Å²) in [6.07, 6.45) is -3.52. The number of carboxylic acids is 1. The molecule has 3 aromatic heterocycles. The van der Waals surface area contributed by atoms with Gasteiger partial charge in [0.1, 0.15) is 11.3 Å². The lowest BCUT2D eigenvalue weighted by molar-refractivity contribution is -0.192. The summed E-state index contributed by atoms with van der Waals surface area (Å²) < 4.78 is 101. The molecular weight excluding hydrogens is 650 g/mol. The maximum atomic E-state index is 14.7. The highest BCUT2D eigenvalue weighted by molar-refractivity contribution is 7.90. The van der Waals surface area contributed by atoms with Gasteiger partial charge in [0.25, 0.3) is 0 Å². The third-order valence-electron chi connectivity index (χ3n) is 7.04. The van der Waals surface area contributed by atoms with Crippen LogP contribution in [0.25, 0.3) is 27.8 Å². The van der Waals surface area contributed by atoms with E-state index in [-0.39, 0.29) is 39.9 Å². The number of fused-ring (bicyclic) bond motifs is 2. The van der Waals surface area contributed by atoms with E-state index in [1.807, 2.05) is 0 Å². The third-order valence-corrected chi connectivity index (χ3v) is 8.16. The number of sulfone groups is 1. The fourth-order valence-corrected chi connectivity index (χ4v) is 5.62. The molecule has 13 nitrogen and oxygen atoms in total. The van der Waals surface area contributed by atoms with Crippen LogP contribution in [0.3, 0.4) is 0 Å². The van der Waals surface area contributed by atoms with E-state index in [2.05, 4.69) is 25.5 Å². The minimum atomic E-state index is -5.08. The van der Waals surface area contributed by atoms with Crippen molar-refractivity contribution in [1.82, 2.24) is 29.3 Å². The highest BCUT2D eigenvalue weighted by Gasteiger charge is 2.42. The van der Waals surface area contributed by atoms with Gasteiger partial charge in [-0.25, -0.2) is 31.2 Å². The number of nitrogens with two attached hydrogens (primary N) is 1. The second-order valence-electron chi connectivity index (χ2n) is 10.3. The van der Waals surface area contributed by atoms with Crippen molar-refractivity contribution < 1.29 is 44.7 Å². The summed E-state index contributed by atoms with van der Waals surface area (Å²) in [6, 6.07) is 7.51. The Kier molecular flexibility index (Phi) is 7.95. The lowest BCUT2D eigenvalue weighted by Gasteiger charge is -2.13. The van der Waals surface area contributed by atoms with Gasteiger partial charge in [-0.2, -0.15) is 28.2 Å². The average Bonchev–Trinajstić information content (AvgIpc) is 3.64. The summed E-state index contributed by atoms with van der Waals surface area (Å²) in [4.78, 5) is 31.1. The number of carboxylic acid groups (broad SMARTS) is 1. The Balaban J connectivity index is 0.000000537. The lowest BCUT2D eigenvalue weighted by atomic mass is 10.2. The SMILES string of the molecule is CS(=O)(=O)c1ccc(Nc2nc(N)c3c(n2)n(C2CCC(F)(F)C2)c(=O)n3-c2cccc3[nH]ncc23)c(F)c1.O=C(O)C(F)(F)F. The molecule has 6 rings (SSSR count). The van der Waals surface area contributed by atoms with Gasteiger partial charge in [0.2, 0.25) is 11.9 Å². The summed E-state index contributed by atoms with van der Waals surface area (Å²) in [7, 11) is -3.64. The van der Waals surface area contributed by atoms with Crippen molar-refractivity contribution in [2.45, 2.75) is 42.3 Å². The first-order valence-electron chi connectivity index (χ1n) is 13.0. The number of nitrogens with one attached hydrogen (secondary N) is 2. The Hall–Kier alpha value is -5.14. The maximum absolute atomic E-state index is 14.7. The first-order chi connectivity index (χ1) is 21.4. The number of H-pyrrole nitrogens is 1. The van der Waals surface area contributed by atoms with Crippen LogP contribution in [0.1, 0.15) is 25.3 Å². The second kappa shape index (κ2) is 11.3. The number of aliphatic carboxylic acids is 1.